The Morgan fingerprint density at radius 1 is 1.11 bits per heavy atom. The molecule has 1 aliphatic rings. The van der Waals surface area contributed by atoms with Crippen molar-refractivity contribution in [3.63, 3.8) is 0 Å². The maximum Gasteiger partial charge on any atom is 0.261 e. The van der Waals surface area contributed by atoms with E-state index in [4.69, 9.17) is 9.47 Å². The van der Waals surface area contributed by atoms with Gasteiger partial charge in [-0.25, -0.2) is 13.1 Å². The van der Waals surface area contributed by atoms with E-state index in [9.17, 15) is 13.2 Å². The number of piperidine rings is 1. The molecular weight excluding hydrogens is 388 g/mol. The Kier molecular flexibility index (Phi) is 6.03. The molecule has 0 unspecified atom stereocenters. The van der Waals surface area contributed by atoms with Gasteiger partial charge in [0.05, 0.1) is 14.2 Å². The topological polar surface area (TPSA) is 84.9 Å². The molecule has 0 saturated carbocycles. The molecule has 0 radical (unpaired) electrons. The SMILES string of the molecule is COc1cccc(OC)c1C(=O)N1CCC(NS(=O)(=O)c2cccs2)CC1. The Morgan fingerprint density at radius 2 is 1.74 bits per heavy atom. The van der Waals surface area contributed by atoms with Crippen LogP contribution in [0.2, 0.25) is 0 Å². The number of hydrogen-bond acceptors (Lipinski definition) is 6. The normalized spacial score (nSPS) is 15.6. The monoisotopic (exact) mass is 410 g/mol. The van der Waals surface area contributed by atoms with E-state index >= 15 is 0 Å². The Morgan fingerprint density at radius 3 is 2.26 bits per heavy atom. The molecule has 1 aromatic carbocycles. The van der Waals surface area contributed by atoms with Gasteiger partial charge in [-0.3, -0.25) is 4.79 Å². The number of nitrogens with one attached hydrogen (secondary N) is 1. The lowest BCUT2D eigenvalue weighted by molar-refractivity contribution is 0.0704. The number of sulfonamides is 1. The van der Waals surface area contributed by atoms with Crippen molar-refractivity contribution in [3.05, 3.63) is 41.3 Å². The lowest BCUT2D eigenvalue weighted by Gasteiger charge is -2.32. The van der Waals surface area contributed by atoms with Crippen LogP contribution < -0.4 is 14.2 Å². The first kappa shape index (κ1) is 19.7. The summed E-state index contributed by atoms with van der Waals surface area (Å²) in [6, 6.07) is 8.30. The van der Waals surface area contributed by atoms with Gasteiger partial charge >= 0.3 is 0 Å². The van der Waals surface area contributed by atoms with Crippen molar-refractivity contribution in [2.75, 3.05) is 27.3 Å². The van der Waals surface area contributed by atoms with Crippen molar-refractivity contribution >= 4 is 27.3 Å². The number of amides is 1. The van der Waals surface area contributed by atoms with E-state index in [-0.39, 0.29) is 11.9 Å². The number of thiophene rings is 1. The van der Waals surface area contributed by atoms with E-state index in [2.05, 4.69) is 4.72 Å². The second kappa shape index (κ2) is 8.28. The van der Waals surface area contributed by atoms with Crippen LogP contribution in [-0.2, 0) is 10.0 Å². The molecule has 9 heteroatoms. The average molecular weight is 411 g/mol. The van der Waals surface area contributed by atoms with E-state index in [1.807, 2.05) is 0 Å². The zero-order valence-corrected chi connectivity index (χ0v) is 16.8. The van der Waals surface area contributed by atoms with Gasteiger partial charge in [0.25, 0.3) is 5.91 Å². The number of rotatable bonds is 6. The summed E-state index contributed by atoms with van der Waals surface area (Å²) in [4.78, 5) is 14.7. The van der Waals surface area contributed by atoms with Crippen molar-refractivity contribution < 1.29 is 22.7 Å². The fraction of sp³-hybridized carbons (Fsp3) is 0.389. The lowest BCUT2D eigenvalue weighted by atomic mass is 10.0. The van der Waals surface area contributed by atoms with Crippen LogP contribution >= 0.6 is 11.3 Å². The average Bonchev–Trinajstić information content (AvgIpc) is 3.23. The summed E-state index contributed by atoms with van der Waals surface area (Å²) in [6.07, 6.45) is 1.10. The predicted octanol–water partition coefficient (Wildman–Crippen LogP) is 2.35. The summed E-state index contributed by atoms with van der Waals surface area (Å²) in [7, 11) is -0.481. The molecule has 1 saturated heterocycles. The highest BCUT2D eigenvalue weighted by Gasteiger charge is 2.30. The molecule has 1 fully saturated rings. The van der Waals surface area contributed by atoms with Crippen LogP contribution in [0.15, 0.2) is 39.9 Å². The van der Waals surface area contributed by atoms with E-state index in [1.165, 1.54) is 25.6 Å². The first-order chi connectivity index (χ1) is 13.0. The molecule has 0 bridgehead atoms. The molecule has 0 aliphatic carbocycles. The molecule has 0 spiro atoms. The minimum Gasteiger partial charge on any atom is -0.496 e. The standard InChI is InChI=1S/C18H22N2O5S2/c1-24-14-5-3-6-15(25-2)17(14)18(21)20-10-8-13(9-11-20)19-27(22,23)16-7-4-12-26-16/h3-7,12-13,19H,8-11H2,1-2H3. The van der Waals surface area contributed by atoms with Gasteiger partial charge in [-0.15, -0.1) is 11.3 Å². The van der Waals surface area contributed by atoms with Crippen molar-refractivity contribution in [1.82, 2.24) is 9.62 Å². The number of hydrogen-bond donors (Lipinski definition) is 1. The molecule has 1 aliphatic heterocycles. The zero-order chi connectivity index (χ0) is 19.4. The summed E-state index contributed by atoms with van der Waals surface area (Å²) in [5.74, 6) is 0.739. The largest absolute Gasteiger partial charge is 0.496 e. The summed E-state index contributed by atoms with van der Waals surface area (Å²) < 4.78 is 38.4. The molecule has 1 aromatic heterocycles. The minimum atomic E-state index is -3.50. The predicted molar refractivity (Wildman–Crippen MR) is 103 cm³/mol. The molecule has 27 heavy (non-hydrogen) atoms. The first-order valence-corrected chi connectivity index (χ1v) is 10.9. The van der Waals surface area contributed by atoms with Gasteiger partial charge in [0.15, 0.2) is 0 Å². The van der Waals surface area contributed by atoms with E-state index in [0.717, 1.165) is 0 Å². The smallest absolute Gasteiger partial charge is 0.261 e. The quantitative estimate of drug-likeness (QED) is 0.790. The molecule has 2 aromatic rings. The third-order valence-electron chi connectivity index (χ3n) is 4.51. The molecule has 7 nitrogen and oxygen atoms in total. The third-order valence-corrected chi connectivity index (χ3v) is 7.42. The second-order valence-electron chi connectivity index (χ2n) is 6.16. The number of carbonyl (C=O) groups is 1. The number of methoxy groups -OCH3 is 2. The summed E-state index contributed by atoms with van der Waals surface area (Å²) >= 11 is 1.19. The maximum atomic E-state index is 13.0. The molecule has 1 amide bonds. The molecule has 3 rings (SSSR count). The molecule has 146 valence electrons. The highest BCUT2D eigenvalue weighted by molar-refractivity contribution is 7.91. The Hall–Kier alpha value is -2.10. The van der Waals surface area contributed by atoms with Gasteiger partial charge < -0.3 is 14.4 Å². The van der Waals surface area contributed by atoms with Gasteiger partial charge in [0, 0.05) is 19.1 Å². The van der Waals surface area contributed by atoms with Crippen molar-refractivity contribution in [2.45, 2.75) is 23.1 Å². The summed E-state index contributed by atoms with van der Waals surface area (Å²) in [5, 5.41) is 1.73. The molecule has 2 heterocycles. The van der Waals surface area contributed by atoms with E-state index in [1.54, 1.807) is 40.6 Å². The van der Waals surface area contributed by atoms with Gasteiger partial charge in [-0.2, -0.15) is 0 Å². The summed E-state index contributed by atoms with van der Waals surface area (Å²) in [6.45, 7) is 0.912. The fourth-order valence-electron chi connectivity index (χ4n) is 3.11. The second-order valence-corrected chi connectivity index (χ2v) is 9.05. The van der Waals surface area contributed by atoms with Crippen LogP contribution in [0.3, 0.4) is 0 Å². The van der Waals surface area contributed by atoms with Crippen LogP contribution in [0, 0.1) is 0 Å². The third kappa shape index (κ3) is 4.26. The van der Waals surface area contributed by atoms with Crippen LogP contribution in [0.4, 0.5) is 0 Å². The van der Waals surface area contributed by atoms with E-state index < -0.39 is 10.0 Å². The summed E-state index contributed by atoms with van der Waals surface area (Å²) in [5.41, 5.74) is 0.389. The van der Waals surface area contributed by atoms with Crippen LogP contribution in [0.5, 0.6) is 11.5 Å². The highest BCUT2D eigenvalue weighted by atomic mass is 32.2. The lowest BCUT2D eigenvalue weighted by Crippen LogP contribution is -2.46. The fourth-order valence-corrected chi connectivity index (χ4v) is 5.43. The first-order valence-electron chi connectivity index (χ1n) is 8.52. The zero-order valence-electron chi connectivity index (χ0n) is 15.2. The van der Waals surface area contributed by atoms with Gasteiger partial charge in [0.1, 0.15) is 21.3 Å². The van der Waals surface area contributed by atoms with Crippen molar-refractivity contribution in [2.24, 2.45) is 0 Å². The van der Waals surface area contributed by atoms with Gasteiger partial charge in [0.2, 0.25) is 10.0 Å². The van der Waals surface area contributed by atoms with Crippen molar-refractivity contribution in [1.29, 1.82) is 0 Å². The van der Waals surface area contributed by atoms with Crippen LogP contribution in [0.1, 0.15) is 23.2 Å². The molecule has 0 atom stereocenters. The Bertz CT molecular complexity index is 866. The van der Waals surface area contributed by atoms with E-state index in [0.29, 0.717) is 47.2 Å². The Balaban J connectivity index is 1.67. The number of nitrogens with zero attached hydrogens (tertiary/aromatic N) is 1. The number of ether oxygens (including phenoxy) is 2. The van der Waals surface area contributed by atoms with Gasteiger partial charge in [-0.1, -0.05) is 12.1 Å². The van der Waals surface area contributed by atoms with Crippen LogP contribution in [-0.4, -0.2) is 52.6 Å². The number of benzene rings is 1. The highest BCUT2D eigenvalue weighted by Crippen LogP contribution is 2.30. The van der Waals surface area contributed by atoms with Crippen LogP contribution in [0.25, 0.3) is 0 Å². The molecular formula is C18H22N2O5S2. The molecule has 1 N–H and O–H groups in total. The number of likely N-dealkylation sites (tertiary alicyclic amines) is 1. The minimum absolute atomic E-state index is 0.177. The Labute approximate surface area is 163 Å². The maximum absolute atomic E-state index is 13.0. The van der Waals surface area contributed by atoms with Gasteiger partial charge in [-0.05, 0) is 36.4 Å². The number of carbonyl (C=O) groups excluding carboxylic acids is 1. The van der Waals surface area contributed by atoms with Crippen molar-refractivity contribution in [3.8, 4) is 11.5 Å².